The smallest absolute Gasteiger partial charge is 0.254 e. The largest absolute Gasteiger partial charge is 0.496 e. The lowest BCUT2D eigenvalue weighted by atomic mass is 10.2. The first-order valence-electron chi connectivity index (χ1n) is 4.92. The summed E-state index contributed by atoms with van der Waals surface area (Å²) in [6.07, 6.45) is -1.18. The van der Waals surface area contributed by atoms with E-state index in [1.54, 1.807) is 25.3 Å². The summed E-state index contributed by atoms with van der Waals surface area (Å²) in [6, 6.07) is 5.21. The molecule has 1 atom stereocenters. The van der Waals surface area contributed by atoms with E-state index in [0.29, 0.717) is 5.69 Å². The fraction of sp³-hybridized carbons (Fsp3) is 0.364. The van der Waals surface area contributed by atoms with Crippen LogP contribution in [0.4, 0.5) is 5.69 Å². The quantitative estimate of drug-likeness (QED) is 0.685. The van der Waals surface area contributed by atoms with Gasteiger partial charge in [-0.05, 0) is 30.7 Å². The summed E-state index contributed by atoms with van der Waals surface area (Å²) in [5.74, 6) is 0.240. The van der Waals surface area contributed by atoms with E-state index >= 15 is 0 Å². The molecule has 88 valence electrons. The van der Waals surface area contributed by atoms with Gasteiger partial charge in [0.2, 0.25) is 0 Å². The average molecular weight is 224 g/mol. The van der Waals surface area contributed by atoms with Gasteiger partial charge in [-0.25, -0.2) is 0 Å². The van der Waals surface area contributed by atoms with E-state index in [1.165, 1.54) is 0 Å². The standard InChI is InChI=1S/C11H16N2O3/c1-7-5-8(3-4-10(7)16-2)13-11(15)9(14)6-12/h3-5,9,14H,6,12H2,1-2H3,(H,13,15). The summed E-state index contributed by atoms with van der Waals surface area (Å²) < 4.78 is 5.09. The first-order valence-corrected chi connectivity index (χ1v) is 4.92. The van der Waals surface area contributed by atoms with Crippen LogP contribution in [0.2, 0.25) is 0 Å². The van der Waals surface area contributed by atoms with E-state index in [9.17, 15) is 9.90 Å². The van der Waals surface area contributed by atoms with E-state index in [1.807, 2.05) is 6.92 Å². The van der Waals surface area contributed by atoms with E-state index in [4.69, 9.17) is 10.5 Å². The Hall–Kier alpha value is -1.59. The van der Waals surface area contributed by atoms with Crippen molar-refractivity contribution < 1.29 is 14.6 Å². The number of rotatable bonds is 4. The molecule has 1 aromatic carbocycles. The van der Waals surface area contributed by atoms with Crippen molar-refractivity contribution in [3.63, 3.8) is 0 Å². The molecule has 1 amide bonds. The van der Waals surface area contributed by atoms with Gasteiger partial charge in [0, 0.05) is 12.2 Å². The minimum atomic E-state index is -1.18. The van der Waals surface area contributed by atoms with Crippen molar-refractivity contribution in [2.24, 2.45) is 5.73 Å². The predicted octanol–water partition coefficient (Wildman–Crippen LogP) is 0.262. The third kappa shape index (κ3) is 2.95. The number of hydrogen-bond donors (Lipinski definition) is 3. The van der Waals surface area contributed by atoms with Crippen molar-refractivity contribution >= 4 is 11.6 Å². The van der Waals surface area contributed by atoms with Crippen LogP contribution in [0.1, 0.15) is 5.56 Å². The molecule has 0 aromatic heterocycles. The van der Waals surface area contributed by atoms with Gasteiger partial charge in [-0.1, -0.05) is 0 Å². The van der Waals surface area contributed by atoms with Crippen LogP contribution >= 0.6 is 0 Å². The first-order chi connectivity index (χ1) is 7.58. The first kappa shape index (κ1) is 12.5. The third-order valence-electron chi connectivity index (χ3n) is 2.19. The van der Waals surface area contributed by atoms with Crippen LogP contribution in [0.15, 0.2) is 18.2 Å². The molecule has 0 spiro atoms. The van der Waals surface area contributed by atoms with Crippen molar-refractivity contribution in [3.8, 4) is 5.75 Å². The number of carbonyl (C=O) groups is 1. The Bertz CT molecular complexity index is 379. The zero-order valence-electron chi connectivity index (χ0n) is 9.36. The van der Waals surface area contributed by atoms with Gasteiger partial charge in [0.25, 0.3) is 5.91 Å². The maximum absolute atomic E-state index is 11.3. The molecule has 0 heterocycles. The highest BCUT2D eigenvalue weighted by molar-refractivity contribution is 5.94. The van der Waals surface area contributed by atoms with Gasteiger partial charge in [-0.15, -0.1) is 0 Å². The van der Waals surface area contributed by atoms with Crippen LogP contribution in [0.3, 0.4) is 0 Å². The number of amides is 1. The van der Waals surface area contributed by atoms with Gasteiger partial charge < -0.3 is 20.9 Å². The number of nitrogens with one attached hydrogen (secondary N) is 1. The van der Waals surface area contributed by atoms with Crippen molar-refractivity contribution in [3.05, 3.63) is 23.8 Å². The molecule has 0 aliphatic rings. The van der Waals surface area contributed by atoms with Crippen LogP contribution < -0.4 is 15.8 Å². The number of aliphatic hydroxyl groups is 1. The monoisotopic (exact) mass is 224 g/mol. The second-order valence-corrected chi connectivity index (χ2v) is 3.43. The highest BCUT2D eigenvalue weighted by Gasteiger charge is 2.12. The molecule has 0 bridgehead atoms. The molecule has 0 radical (unpaired) electrons. The van der Waals surface area contributed by atoms with Crippen LogP contribution in [-0.4, -0.2) is 30.8 Å². The van der Waals surface area contributed by atoms with Crippen molar-refractivity contribution in [1.82, 2.24) is 0 Å². The number of ether oxygens (including phenoxy) is 1. The van der Waals surface area contributed by atoms with Crippen LogP contribution in [0, 0.1) is 6.92 Å². The maximum atomic E-state index is 11.3. The number of methoxy groups -OCH3 is 1. The highest BCUT2D eigenvalue weighted by Crippen LogP contribution is 2.21. The summed E-state index contributed by atoms with van der Waals surface area (Å²) >= 11 is 0. The molecular weight excluding hydrogens is 208 g/mol. The van der Waals surface area contributed by atoms with Crippen molar-refractivity contribution in [1.29, 1.82) is 0 Å². The lowest BCUT2D eigenvalue weighted by molar-refractivity contribution is -0.123. The summed E-state index contributed by atoms with van der Waals surface area (Å²) in [7, 11) is 1.58. The minimum absolute atomic E-state index is 0.0963. The van der Waals surface area contributed by atoms with E-state index in [0.717, 1.165) is 11.3 Å². The maximum Gasteiger partial charge on any atom is 0.254 e. The Balaban J connectivity index is 2.75. The van der Waals surface area contributed by atoms with Crippen LogP contribution in [-0.2, 0) is 4.79 Å². The number of nitrogens with two attached hydrogens (primary N) is 1. The van der Waals surface area contributed by atoms with Crippen LogP contribution in [0.25, 0.3) is 0 Å². The molecule has 0 aliphatic carbocycles. The zero-order valence-corrected chi connectivity index (χ0v) is 9.36. The predicted molar refractivity (Wildman–Crippen MR) is 61.4 cm³/mol. The van der Waals surface area contributed by atoms with Gasteiger partial charge in [0.15, 0.2) is 0 Å². The molecule has 16 heavy (non-hydrogen) atoms. The number of anilines is 1. The topological polar surface area (TPSA) is 84.6 Å². The second kappa shape index (κ2) is 5.48. The number of aliphatic hydroxyl groups excluding tert-OH is 1. The molecule has 5 heteroatoms. The molecule has 0 saturated carbocycles. The lowest BCUT2D eigenvalue weighted by Crippen LogP contribution is -2.34. The molecule has 0 saturated heterocycles. The number of aryl methyl sites for hydroxylation is 1. The molecular formula is C11H16N2O3. The number of hydrogen-bond acceptors (Lipinski definition) is 4. The fourth-order valence-corrected chi connectivity index (χ4v) is 1.29. The van der Waals surface area contributed by atoms with Gasteiger partial charge in [0.1, 0.15) is 11.9 Å². The summed E-state index contributed by atoms with van der Waals surface area (Å²) in [6.45, 7) is 1.77. The Morgan fingerprint density at radius 3 is 2.81 bits per heavy atom. The van der Waals surface area contributed by atoms with E-state index in [-0.39, 0.29) is 6.54 Å². The zero-order chi connectivity index (χ0) is 12.1. The lowest BCUT2D eigenvalue weighted by Gasteiger charge is -2.11. The Labute approximate surface area is 94.2 Å². The van der Waals surface area contributed by atoms with Gasteiger partial charge in [-0.2, -0.15) is 0 Å². The molecule has 0 aliphatic heterocycles. The van der Waals surface area contributed by atoms with Gasteiger partial charge in [0.05, 0.1) is 7.11 Å². The normalized spacial score (nSPS) is 12.0. The number of benzene rings is 1. The Morgan fingerprint density at radius 1 is 1.62 bits per heavy atom. The average Bonchev–Trinajstić information content (AvgIpc) is 2.28. The van der Waals surface area contributed by atoms with Crippen LogP contribution in [0.5, 0.6) is 5.75 Å². The van der Waals surface area contributed by atoms with Gasteiger partial charge in [-0.3, -0.25) is 4.79 Å². The molecule has 0 fully saturated rings. The fourth-order valence-electron chi connectivity index (χ4n) is 1.29. The summed E-state index contributed by atoms with van der Waals surface area (Å²) in [5, 5.41) is 11.8. The molecule has 4 N–H and O–H groups in total. The molecule has 1 unspecified atom stereocenters. The molecule has 5 nitrogen and oxygen atoms in total. The Morgan fingerprint density at radius 2 is 2.31 bits per heavy atom. The molecule has 1 aromatic rings. The van der Waals surface area contributed by atoms with Crippen molar-refractivity contribution in [2.75, 3.05) is 19.0 Å². The summed E-state index contributed by atoms with van der Waals surface area (Å²) in [5.41, 5.74) is 6.68. The summed E-state index contributed by atoms with van der Waals surface area (Å²) in [4.78, 5) is 11.3. The minimum Gasteiger partial charge on any atom is -0.496 e. The van der Waals surface area contributed by atoms with E-state index in [2.05, 4.69) is 5.32 Å². The molecule has 1 rings (SSSR count). The number of carbonyl (C=O) groups excluding carboxylic acids is 1. The third-order valence-corrected chi connectivity index (χ3v) is 2.19. The SMILES string of the molecule is COc1ccc(NC(=O)C(O)CN)cc1C. The Kier molecular flexibility index (Phi) is 4.28. The van der Waals surface area contributed by atoms with Gasteiger partial charge >= 0.3 is 0 Å². The van der Waals surface area contributed by atoms with Crippen molar-refractivity contribution in [2.45, 2.75) is 13.0 Å². The van der Waals surface area contributed by atoms with E-state index < -0.39 is 12.0 Å². The highest BCUT2D eigenvalue weighted by atomic mass is 16.5. The second-order valence-electron chi connectivity index (χ2n) is 3.43.